The Labute approximate surface area is 151 Å². The number of piperazine rings is 1. The van der Waals surface area contributed by atoms with Gasteiger partial charge < -0.3 is 15.1 Å². The van der Waals surface area contributed by atoms with Gasteiger partial charge in [0, 0.05) is 32.4 Å². The van der Waals surface area contributed by atoms with Crippen molar-refractivity contribution in [3.8, 4) is 0 Å². The van der Waals surface area contributed by atoms with Gasteiger partial charge in [0.15, 0.2) is 0 Å². The van der Waals surface area contributed by atoms with Crippen molar-refractivity contribution in [3.63, 3.8) is 0 Å². The van der Waals surface area contributed by atoms with Gasteiger partial charge >= 0.3 is 6.03 Å². The highest BCUT2D eigenvalue weighted by molar-refractivity contribution is 6.39. The standard InChI is InChI=1S/C17H18Cl2N4O/c18-14-5-3-6-15(19)16(14)22-8-10-23(11-9-22)17(24)21-12-13-4-1-2-7-20-13/h1-7H,8-12H2,(H,21,24). The molecular weight excluding hydrogens is 347 g/mol. The maximum absolute atomic E-state index is 12.3. The summed E-state index contributed by atoms with van der Waals surface area (Å²) in [5.74, 6) is 0. The van der Waals surface area contributed by atoms with Gasteiger partial charge in [0.1, 0.15) is 0 Å². The molecule has 1 saturated heterocycles. The number of benzene rings is 1. The monoisotopic (exact) mass is 364 g/mol. The van der Waals surface area contributed by atoms with Gasteiger partial charge in [-0.15, -0.1) is 0 Å². The molecule has 126 valence electrons. The Kier molecular flexibility index (Phi) is 5.43. The highest BCUT2D eigenvalue weighted by Crippen LogP contribution is 2.33. The number of hydrogen-bond acceptors (Lipinski definition) is 3. The van der Waals surface area contributed by atoms with Crippen LogP contribution in [0.3, 0.4) is 0 Å². The van der Waals surface area contributed by atoms with Crippen molar-refractivity contribution >= 4 is 34.9 Å². The zero-order chi connectivity index (χ0) is 16.9. The summed E-state index contributed by atoms with van der Waals surface area (Å²) in [5, 5.41) is 4.17. The number of hydrogen-bond donors (Lipinski definition) is 1. The molecule has 1 N–H and O–H groups in total. The molecule has 5 nitrogen and oxygen atoms in total. The van der Waals surface area contributed by atoms with Crippen LogP contribution in [0.5, 0.6) is 0 Å². The van der Waals surface area contributed by atoms with Crippen LogP contribution in [0.15, 0.2) is 42.6 Å². The summed E-state index contributed by atoms with van der Waals surface area (Å²) in [6.07, 6.45) is 1.72. The van der Waals surface area contributed by atoms with E-state index < -0.39 is 0 Å². The van der Waals surface area contributed by atoms with Gasteiger partial charge in [-0.25, -0.2) is 4.79 Å². The third-order valence-electron chi connectivity index (χ3n) is 3.97. The first-order valence-corrected chi connectivity index (χ1v) is 8.52. The Morgan fingerprint density at radius 2 is 1.75 bits per heavy atom. The van der Waals surface area contributed by atoms with E-state index in [-0.39, 0.29) is 6.03 Å². The summed E-state index contributed by atoms with van der Waals surface area (Å²) in [6, 6.07) is 11.0. The second-order valence-electron chi connectivity index (χ2n) is 5.52. The minimum Gasteiger partial charge on any atom is -0.366 e. The van der Waals surface area contributed by atoms with Gasteiger partial charge in [-0.3, -0.25) is 4.98 Å². The zero-order valence-electron chi connectivity index (χ0n) is 13.1. The van der Waals surface area contributed by atoms with E-state index >= 15 is 0 Å². The highest BCUT2D eigenvalue weighted by Gasteiger charge is 2.23. The Balaban J connectivity index is 1.54. The summed E-state index contributed by atoms with van der Waals surface area (Å²) in [5.41, 5.74) is 1.68. The SMILES string of the molecule is O=C(NCc1ccccn1)N1CCN(c2c(Cl)cccc2Cl)CC1. The highest BCUT2D eigenvalue weighted by atomic mass is 35.5. The fourth-order valence-corrected chi connectivity index (χ4v) is 3.34. The Hall–Kier alpha value is -1.98. The maximum Gasteiger partial charge on any atom is 0.317 e. The normalized spacial score (nSPS) is 14.6. The number of para-hydroxylation sites is 1. The van der Waals surface area contributed by atoms with Crippen molar-refractivity contribution in [1.29, 1.82) is 0 Å². The first-order chi connectivity index (χ1) is 11.6. The number of anilines is 1. The molecule has 0 saturated carbocycles. The smallest absolute Gasteiger partial charge is 0.317 e. The van der Waals surface area contributed by atoms with Crippen LogP contribution >= 0.6 is 23.2 Å². The van der Waals surface area contributed by atoms with Crippen LogP contribution in [0.1, 0.15) is 5.69 Å². The van der Waals surface area contributed by atoms with Gasteiger partial charge in [0.05, 0.1) is 28.0 Å². The van der Waals surface area contributed by atoms with Gasteiger partial charge in [-0.1, -0.05) is 35.3 Å². The topological polar surface area (TPSA) is 48.5 Å². The summed E-state index contributed by atoms with van der Waals surface area (Å²) >= 11 is 12.5. The molecule has 24 heavy (non-hydrogen) atoms. The molecule has 0 spiro atoms. The molecule has 2 heterocycles. The Bertz CT molecular complexity index is 683. The van der Waals surface area contributed by atoms with Crippen molar-refractivity contribution in [2.75, 3.05) is 31.1 Å². The maximum atomic E-state index is 12.3. The number of rotatable bonds is 3. The van der Waals surface area contributed by atoms with E-state index in [0.29, 0.717) is 42.8 Å². The molecule has 0 aliphatic carbocycles. The molecule has 2 amide bonds. The van der Waals surface area contributed by atoms with E-state index in [4.69, 9.17) is 23.2 Å². The van der Waals surface area contributed by atoms with Gasteiger partial charge in [0.2, 0.25) is 0 Å². The molecular formula is C17H18Cl2N4O. The lowest BCUT2D eigenvalue weighted by Crippen LogP contribution is -2.51. The molecule has 1 aliphatic rings. The predicted molar refractivity (Wildman–Crippen MR) is 96.7 cm³/mol. The number of nitrogens with one attached hydrogen (secondary N) is 1. The molecule has 1 fully saturated rings. The Morgan fingerprint density at radius 1 is 1.04 bits per heavy atom. The number of urea groups is 1. The number of carbonyl (C=O) groups is 1. The quantitative estimate of drug-likeness (QED) is 0.907. The van der Waals surface area contributed by atoms with Crippen LogP contribution in [-0.2, 0) is 6.54 Å². The van der Waals surface area contributed by atoms with Crippen molar-refractivity contribution in [2.45, 2.75) is 6.54 Å². The minimum atomic E-state index is -0.0782. The number of amides is 2. The predicted octanol–water partition coefficient (Wildman–Crippen LogP) is 3.42. The number of pyridine rings is 1. The van der Waals surface area contributed by atoms with Crippen molar-refractivity contribution in [3.05, 3.63) is 58.3 Å². The largest absolute Gasteiger partial charge is 0.366 e. The van der Waals surface area contributed by atoms with Crippen LogP contribution < -0.4 is 10.2 Å². The van der Waals surface area contributed by atoms with Gasteiger partial charge in [0.25, 0.3) is 0 Å². The molecule has 2 aromatic rings. The van der Waals surface area contributed by atoms with Gasteiger partial charge in [-0.05, 0) is 24.3 Å². The minimum absolute atomic E-state index is 0.0782. The molecule has 1 aromatic heterocycles. The molecule has 3 rings (SSSR count). The Morgan fingerprint density at radius 3 is 2.38 bits per heavy atom. The number of carbonyl (C=O) groups excluding carboxylic acids is 1. The molecule has 0 atom stereocenters. The van der Waals surface area contributed by atoms with E-state index in [1.165, 1.54) is 0 Å². The van der Waals surface area contributed by atoms with Crippen molar-refractivity contribution < 1.29 is 4.79 Å². The van der Waals surface area contributed by atoms with Crippen LogP contribution in [0.4, 0.5) is 10.5 Å². The van der Waals surface area contributed by atoms with E-state index in [2.05, 4.69) is 15.2 Å². The van der Waals surface area contributed by atoms with Gasteiger partial charge in [-0.2, -0.15) is 0 Å². The first-order valence-electron chi connectivity index (χ1n) is 7.77. The molecule has 0 radical (unpaired) electrons. The van der Waals surface area contributed by atoms with E-state index in [1.807, 2.05) is 36.4 Å². The second-order valence-corrected chi connectivity index (χ2v) is 6.34. The van der Waals surface area contributed by atoms with E-state index in [9.17, 15) is 4.79 Å². The third-order valence-corrected chi connectivity index (χ3v) is 4.58. The summed E-state index contributed by atoms with van der Waals surface area (Å²) < 4.78 is 0. The van der Waals surface area contributed by atoms with Crippen LogP contribution in [-0.4, -0.2) is 42.1 Å². The zero-order valence-corrected chi connectivity index (χ0v) is 14.6. The summed E-state index contributed by atoms with van der Waals surface area (Å²) in [4.78, 5) is 20.4. The van der Waals surface area contributed by atoms with Crippen molar-refractivity contribution in [2.24, 2.45) is 0 Å². The van der Waals surface area contributed by atoms with Crippen LogP contribution in [0.25, 0.3) is 0 Å². The fourth-order valence-electron chi connectivity index (χ4n) is 2.70. The molecule has 0 unspecified atom stereocenters. The fraction of sp³-hybridized carbons (Fsp3) is 0.294. The lowest BCUT2D eigenvalue weighted by Gasteiger charge is -2.36. The third kappa shape index (κ3) is 3.91. The number of aromatic nitrogens is 1. The molecule has 7 heteroatoms. The van der Waals surface area contributed by atoms with Crippen molar-refractivity contribution in [1.82, 2.24) is 15.2 Å². The lowest BCUT2D eigenvalue weighted by molar-refractivity contribution is 0.194. The van der Waals surface area contributed by atoms with E-state index in [0.717, 1.165) is 11.4 Å². The molecule has 1 aliphatic heterocycles. The van der Waals surface area contributed by atoms with Crippen LogP contribution in [0.2, 0.25) is 10.0 Å². The number of halogens is 2. The average Bonchev–Trinajstić information content (AvgIpc) is 2.61. The number of nitrogens with zero attached hydrogens (tertiary/aromatic N) is 3. The van der Waals surface area contributed by atoms with E-state index in [1.54, 1.807) is 11.1 Å². The average molecular weight is 365 g/mol. The molecule has 1 aromatic carbocycles. The lowest BCUT2D eigenvalue weighted by atomic mass is 10.2. The van der Waals surface area contributed by atoms with Crippen LogP contribution in [0, 0.1) is 0 Å². The summed E-state index contributed by atoms with van der Waals surface area (Å²) in [7, 11) is 0. The summed E-state index contributed by atoms with van der Waals surface area (Å²) in [6.45, 7) is 3.06. The second kappa shape index (κ2) is 7.73. The molecule has 0 bridgehead atoms. The first kappa shape index (κ1) is 16.9.